The standard InChI is InChI=1S/C22H30O5.C9H8O4/c1-3-4-5-6-15(2)20(23)8-7-18-19-12-16(9-10-27-14-22(25)26)11-17(19)13-21(18)24;1-6(10)13-8-5-3-2-4-7(8)9(11)12/h9,15,17-21,23-24H,3,6,10-14H2,1-2H3,(H,25,26);2-5H,1H3,(H,11,12)/b16-9-;/t15-,17-,18?,19-,20+,21+;/m0./s1. The maximum absolute atomic E-state index is 10.6. The zero-order valence-electron chi connectivity index (χ0n) is 23.1. The average Bonchev–Trinajstić information content (AvgIpc) is 3.41. The fourth-order valence-corrected chi connectivity index (χ4v) is 4.84. The highest BCUT2D eigenvalue weighted by Gasteiger charge is 2.45. The monoisotopic (exact) mass is 554 g/mol. The van der Waals surface area contributed by atoms with Gasteiger partial charge in [-0.1, -0.05) is 49.5 Å². The van der Waals surface area contributed by atoms with Crippen LogP contribution >= 0.6 is 0 Å². The molecule has 3 rings (SSSR count). The first-order valence-corrected chi connectivity index (χ1v) is 13.3. The number of aliphatic carboxylic acids is 1. The number of para-hydroxylation sites is 1. The third-order valence-corrected chi connectivity index (χ3v) is 6.80. The van der Waals surface area contributed by atoms with Crippen molar-refractivity contribution in [1.82, 2.24) is 0 Å². The molecule has 1 aromatic carbocycles. The number of carboxylic acid groups (broad SMARTS) is 2. The summed E-state index contributed by atoms with van der Waals surface area (Å²) in [6.45, 7) is 5.16. The van der Waals surface area contributed by atoms with Crippen molar-refractivity contribution >= 4 is 17.9 Å². The fraction of sp³-hybridized carbons (Fsp3) is 0.516. The number of aromatic carboxylic acids is 1. The van der Waals surface area contributed by atoms with E-state index in [0.29, 0.717) is 24.9 Å². The second-order valence-electron chi connectivity index (χ2n) is 9.95. The molecule has 9 heteroatoms. The van der Waals surface area contributed by atoms with Gasteiger partial charge in [-0.3, -0.25) is 4.79 Å². The Balaban J connectivity index is 0.000000360. The number of carbonyl (C=O) groups excluding carboxylic acids is 1. The van der Waals surface area contributed by atoms with Crippen molar-refractivity contribution in [2.75, 3.05) is 13.2 Å². The van der Waals surface area contributed by atoms with Gasteiger partial charge in [-0.2, -0.15) is 0 Å². The van der Waals surface area contributed by atoms with Crippen LogP contribution in [0.5, 0.6) is 5.75 Å². The van der Waals surface area contributed by atoms with E-state index in [9.17, 15) is 24.6 Å². The highest BCUT2D eigenvalue weighted by atomic mass is 16.5. The second-order valence-corrected chi connectivity index (χ2v) is 9.95. The molecule has 2 aliphatic carbocycles. The van der Waals surface area contributed by atoms with Crippen molar-refractivity contribution < 1.29 is 44.3 Å². The van der Waals surface area contributed by atoms with Crippen LogP contribution in [0.1, 0.15) is 63.2 Å². The molecular formula is C31H38O9. The molecule has 0 bridgehead atoms. The van der Waals surface area contributed by atoms with E-state index in [4.69, 9.17) is 14.9 Å². The number of carboxylic acids is 2. The SMILES string of the molecule is CC(=O)Oc1ccccc1C(=O)O.CCC#CC[C@H](C)[C@H](O)C#CC1[C@H](O)C[C@@H]2C/C(=C/COCC(=O)O)C[C@H]12. The van der Waals surface area contributed by atoms with Crippen molar-refractivity contribution in [3.05, 3.63) is 41.5 Å². The molecule has 2 aliphatic rings. The predicted molar refractivity (Wildman–Crippen MR) is 147 cm³/mol. The average molecular weight is 555 g/mol. The number of aliphatic hydroxyl groups excluding tert-OH is 2. The third kappa shape index (κ3) is 10.5. The summed E-state index contributed by atoms with van der Waals surface area (Å²) >= 11 is 0. The van der Waals surface area contributed by atoms with Crippen LogP contribution in [0.3, 0.4) is 0 Å². The predicted octanol–water partition coefficient (Wildman–Crippen LogP) is 3.54. The number of fused-ring (bicyclic) bond motifs is 1. The van der Waals surface area contributed by atoms with Gasteiger partial charge in [0.25, 0.3) is 0 Å². The molecule has 0 saturated heterocycles. The Kier molecular flexibility index (Phi) is 13.4. The lowest BCUT2D eigenvalue weighted by Gasteiger charge is -2.16. The van der Waals surface area contributed by atoms with E-state index in [1.807, 2.05) is 19.9 Å². The summed E-state index contributed by atoms with van der Waals surface area (Å²) in [6.07, 6.45) is 4.69. The molecule has 0 amide bonds. The van der Waals surface area contributed by atoms with Gasteiger partial charge in [0.2, 0.25) is 0 Å². The Morgan fingerprint density at radius 3 is 2.52 bits per heavy atom. The molecule has 2 fully saturated rings. The largest absolute Gasteiger partial charge is 0.480 e. The molecule has 1 unspecified atom stereocenters. The van der Waals surface area contributed by atoms with Gasteiger partial charge in [-0.05, 0) is 43.2 Å². The number of hydrogen-bond acceptors (Lipinski definition) is 7. The summed E-state index contributed by atoms with van der Waals surface area (Å²) in [6, 6.07) is 5.98. The number of hydrogen-bond donors (Lipinski definition) is 4. The summed E-state index contributed by atoms with van der Waals surface area (Å²) in [5, 5.41) is 37.9. The van der Waals surface area contributed by atoms with Crippen molar-refractivity contribution in [3.8, 4) is 29.4 Å². The van der Waals surface area contributed by atoms with E-state index in [1.54, 1.807) is 12.1 Å². The number of rotatable bonds is 8. The van der Waals surface area contributed by atoms with Crippen LogP contribution in [-0.4, -0.2) is 63.8 Å². The minimum absolute atomic E-state index is 0.0160. The normalized spacial score (nSPS) is 23.3. The lowest BCUT2D eigenvalue weighted by molar-refractivity contribution is -0.141. The summed E-state index contributed by atoms with van der Waals surface area (Å²) < 4.78 is 9.76. The van der Waals surface area contributed by atoms with Gasteiger partial charge < -0.3 is 29.9 Å². The van der Waals surface area contributed by atoms with Crippen molar-refractivity contribution in [2.24, 2.45) is 23.7 Å². The number of ether oxygens (including phenoxy) is 2. The summed E-state index contributed by atoms with van der Waals surface area (Å²) in [7, 11) is 0. The Bertz CT molecular complexity index is 1180. The lowest BCUT2D eigenvalue weighted by Crippen LogP contribution is -2.19. The van der Waals surface area contributed by atoms with Crippen LogP contribution in [0.25, 0.3) is 0 Å². The van der Waals surface area contributed by atoms with Crippen LogP contribution in [0.2, 0.25) is 0 Å². The van der Waals surface area contributed by atoms with Crippen molar-refractivity contribution in [3.63, 3.8) is 0 Å². The van der Waals surface area contributed by atoms with Gasteiger partial charge in [-0.25, -0.2) is 9.59 Å². The molecule has 216 valence electrons. The van der Waals surface area contributed by atoms with Gasteiger partial charge in [0, 0.05) is 31.6 Å². The maximum atomic E-state index is 10.6. The minimum Gasteiger partial charge on any atom is -0.480 e. The molecule has 4 N–H and O–H groups in total. The van der Waals surface area contributed by atoms with E-state index >= 15 is 0 Å². The maximum Gasteiger partial charge on any atom is 0.339 e. The molecular weight excluding hydrogens is 516 g/mol. The molecule has 0 aliphatic heterocycles. The van der Waals surface area contributed by atoms with E-state index in [2.05, 4.69) is 28.4 Å². The first-order valence-electron chi connectivity index (χ1n) is 13.3. The quantitative estimate of drug-likeness (QED) is 0.124. The van der Waals surface area contributed by atoms with Crippen molar-refractivity contribution in [1.29, 1.82) is 0 Å². The fourth-order valence-electron chi connectivity index (χ4n) is 4.84. The molecule has 0 radical (unpaired) electrons. The highest BCUT2D eigenvalue weighted by molar-refractivity contribution is 5.91. The number of carbonyl (C=O) groups is 3. The number of allylic oxidation sites excluding steroid dienone is 1. The van der Waals surface area contributed by atoms with E-state index in [-0.39, 0.29) is 29.8 Å². The van der Waals surface area contributed by atoms with Crippen LogP contribution in [0, 0.1) is 47.4 Å². The third-order valence-electron chi connectivity index (χ3n) is 6.80. The smallest absolute Gasteiger partial charge is 0.339 e. The molecule has 0 spiro atoms. The van der Waals surface area contributed by atoms with Crippen LogP contribution in [-0.2, 0) is 14.3 Å². The second kappa shape index (κ2) is 16.5. The Morgan fingerprint density at radius 1 is 1.15 bits per heavy atom. The van der Waals surface area contributed by atoms with Crippen LogP contribution < -0.4 is 4.74 Å². The van der Waals surface area contributed by atoms with Gasteiger partial charge >= 0.3 is 17.9 Å². The topological polar surface area (TPSA) is 151 Å². The Morgan fingerprint density at radius 2 is 1.88 bits per heavy atom. The molecule has 6 atom stereocenters. The lowest BCUT2D eigenvalue weighted by atomic mass is 9.91. The minimum atomic E-state index is -1.11. The first kappa shape index (κ1) is 32.6. The zero-order valence-corrected chi connectivity index (χ0v) is 23.1. The van der Waals surface area contributed by atoms with Gasteiger partial charge in [0.1, 0.15) is 24.0 Å². The number of benzene rings is 1. The van der Waals surface area contributed by atoms with Crippen LogP contribution in [0.4, 0.5) is 0 Å². The highest BCUT2D eigenvalue weighted by Crippen LogP contribution is 2.49. The summed E-state index contributed by atoms with van der Waals surface area (Å²) in [4.78, 5) is 31.7. The molecule has 40 heavy (non-hydrogen) atoms. The van der Waals surface area contributed by atoms with Crippen LogP contribution in [0.15, 0.2) is 35.9 Å². The van der Waals surface area contributed by atoms with E-state index < -0.39 is 30.1 Å². The number of esters is 1. The Labute approximate surface area is 235 Å². The molecule has 0 aromatic heterocycles. The van der Waals surface area contributed by atoms with E-state index in [0.717, 1.165) is 25.7 Å². The molecule has 2 saturated carbocycles. The van der Waals surface area contributed by atoms with Gasteiger partial charge in [-0.15, -0.1) is 11.8 Å². The Hall–Kier alpha value is -3.63. The first-order chi connectivity index (χ1) is 19.0. The molecule has 9 nitrogen and oxygen atoms in total. The van der Waals surface area contributed by atoms with E-state index in [1.165, 1.54) is 24.6 Å². The van der Waals surface area contributed by atoms with Gasteiger partial charge in [0.15, 0.2) is 0 Å². The van der Waals surface area contributed by atoms with Crippen molar-refractivity contribution in [2.45, 2.75) is 65.1 Å². The summed E-state index contributed by atoms with van der Waals surface area (Å²) in [5.41, 5.74) is 1.23. The summed E-state index contributed by atoms with van der Waals surface area (Å²) in [5.74, 6) is 10.1. The van der Waals surface area contributed by atoms with Gasteiger partial charge in [0.05, 0.1) is 12.7 Å². The zero-order chi connectivity index (χ0) is 29.7. The molecule has 0 heterocycles. The number of aliphatic hydroxyl groups is 2. The molecule has 1 aromatic rings.